The molecule has 0 aliphatic rings. The van der Waals surface area contributed by atoms with Crippen LogP contribution in [0.5, 0.6) is 11.6 Å². The topological polar surface area (TPSA) is 64.1 Å². The number of ether oxygens (including phenoxy) is 1. The maximum absolute atomic E-state index is 12.6. The van der Waals surface area contributed by atoms with Crippen molar-refractivity contribution in [1.82, 2.24) is 9.97 Å². The van der Waals surface area contributed by atoms with Gasteiger partial charge in [0.25, 0.3) is 5.91 Å². The summed E-state index contributed by atoms with van der Waals surface area (Å²) in [6.07, 6.45) is 1.59. The molecule has 6 heteroatoms. The third-order valence-corrected chi connectivity index (χ3v) is 4.44. The molecular weight excluding hydrogens is 334 g/mol. The zero-order valence-corrected chi connectivity index (χ0v) is 13.9. The van der Waals surface area contributed by atoms with Crippen molar-refractivity contribution in [3.05, 3.63) is 78.5 Å². The molecule has 4 aromatic rings. The summed E-state index contributed by atoms with van der Waals surface area (Å²) in [6, 6.07) is 20.4. The van der Waals surface area contributed by atoms with E-state index in [1.165, 1.54) is 11.3 Å². The molecule has 2 heterocycles. The van der Waals surface area contributed by atoms with Gasteiger partial charge >= 0.3 is 0 Å². The second kappa shape index (κ2) is 6.70. The fourth-order valence-electron chi connectivity index (χ4n) is 2.34. The Labute approximate surface area is 147 Å². The summed E-state index contributed by atoms with van der Waals surface area (Å²) in [4.78, 5) is 21.2. The zero-order chi connectivity index (χ0) is 17.1. The van der Waals surface area contributed by atoms with E-state index >= 15 is 0 Å². The fraction of sp³-hybridized carbons (Fsp3) is 0. The van der Waals surface area contributed by atoms with Crippen LogP contribution in [0.15, 0.2) is 72.9 Å². The van der Waals surface area contributed by atoms with Gasteiger partial charge in [-0.2, -0.15) is 0 Å². The minimum absolute atomic E-state index is 0.257. The number of carbonyl (C=O) groups excluding carboxylic acids is 1. The Kier molecular flexibility index (Phi) is 4.10. The summed E-state index contributed by atoms with van der Waals surface area (Å²) in [6.45, 7) is 0. The lowest BCUT2D eigenvalue weighted by molar-refractivity contribution is 0.102. The number of hydrogen-bond acceptors (Lipinski definition) is 5. The van der Waals surface area contributed by atoms with Crippen LogP contribution >= 0.6 is 11.3 Å². The van der Waals surface area contributed by atoms with Gasteiger partial charge in [0.1, 0.15) is 11.3 Å². The van der Waals surface area contributed by atoms with Gasteiger partial charge in [-0.05, 0) is 36.4 Å². The molecule has 1 amide bonds. The molecule has 25 heavy (non-hydrogen) atoms. The van der Waals surface area contributed by atoms with Crippen LogP contribution in [0.25, 0.3) is 10.2 Å². The molecule has 0 radical (unpaired) electrons. The first-order chi connectivity index (χ1) is 12.3. The molecule has 1 N–H and O–H groups in total. The highest BCUT2D eigenvalue weighted by molar-refractivity contribution is 7.22. The van der Waals surface area contributed by atoms with E-state index in [4.69, 9.17) is 4.74 Å². The zero-order valence-electron chi connectivity index (χ0n) is 13.0. The maximum atomic E-state index is 12.6. The van der Waals surface area contributed by atoms with Gasteiger partial charge in [-0.25, -0.2) is 9.97 Å². The van der Waals surface area contributed by atoms with Crippen molar-refractivity contribution in [2.45, 2.75) is 0 Å². The van der Waals surface area contributed by atoms with Crippen LogP contribution in [0.3, 0.4) is 0 Å². The summed E-state index contributed by atoms with van der Waals surface area (Å²) < 4.78 is 6.76. The van der Waals surface area contributed by atoms with Crippen molar-refractivity contribution in [2.24, 2.45) is 0 Å². The molecule has 0 saturated carbocycles. The molecule has 4 rings (SSSR count). The van der Waals surface area contributed by atoms with Gasteiger partial charge in [0, 0.05) is 6.20 Å². The van der Waals surface area contributed by atoms with Crippen molar-refractivity contribution in [2.75, 3.05) is 5.32 Å². The number of fused-ring (bicyclic) bond motifs is 1. The molecule has 0 aliphatic heterocycles. The van der Waals surface area contributed by atoms with Crippen LogP contribution in [-0.2, 0) is 0 Å². The van der Waals surface area contributed by atoms with Crippen molar-refractivity contribution in [3.63, 3.8) is 0 Å². The van der Waals surface area contributed by atoms with Gasteiger partial charge in [0.05, 0.1) is 10.2 Å². The summed E-state index contributed by atoms with van der Waals surface area (Å²) in [5.74, 6) is 0.570. The number of benzene rings is 2. The van der Waals surface area contributed by atoms with E-state index in [1.54, 1.807) is 18.3 Å². The number of pyridine rings is 1. The van der Waals surface area contributed by atoms with Crippen molar-refractivity contribution in [1.29, 1.82) is 0 Å². The number of anilines is 1. The third-order valence-electron chi connectivity index (χ3n) is 3.49. The van der Waals surface area contributed by atoms with Gasteiger partial charge in [0.2, 0.25) is 5.88 Å². The quantitative estimate of drug-likeness (QED) is 0.579. The Morgan fingerprint density at radius 3 is 2.60 bits per heavy atom. The van der Waals surface area contributed by atoms with Gasteiger partial charge in [0.15, 0.2) is 5.13 Å². The Bertz CT molecular complexity index is 998. The third kappa shape index (κ3) is 3.34. The summed E-state index contributed by atoms with van der Waals surface area (Å²) in [7, 11) is 0. The molecule has 0 saturated heterocycles. The molecule has 0 bridgehead atoms. The predicted molar refractivity (Wildman–Crippen MR) is 98.3 cm³/mol. The Hall–Kier alpha value is -3.25. The minimum Gasteiger partial charge on any atom is -0.438 e. The lowest BCUT2D eigenvalue weighted by Gasteiger charge is -2.09. The lowest BCUT2D eigenvalue weighted by atomic mass is 10.2. The first-order valence-electron chi connectivity index (χ1n) is 7.64. The molecule has 5 nitrogen and oxygen atoms in total. The molecule has 0 spiro atoms. The van der Waals surface area contributed by atoms with E-state index in [2.05, 4.69) is 15.3 Å². The summed E-state index contributed by atoms with van der Waals surface area (Å²) in [5.41, 5.74) is 1.21. The van der Waals surface area contributed by atoms with Crippen LogP contribution < -0.4 is 10.1 Å². The van der Waals surface area contributed by atoms with Crippen LogP contribution in [0.2, 0.25) is 0 Å². The maximum Gasteiger partial charge on any atom is 0.262 e. The number of nitrogens with one attached hydrogen (secondary N) is 1. The van der Waals surface area contributed by atoms with Crippen molar-refractivity contribution in [3.8, 4) is 11.6 Å². The van der Waals surface area contributed by atoms with E-state index < -0.39 is 0 Å². The van der Waals surface area contributed by atoms with E-state index in [1.807, 2.05) is 54.6 Å². The fourth-order valence-corrected chi connectivity index (χ4v) is 3.20. The van der Waals surface area contributed by atoms with Gasteiger partial charge in [-0.15, -0.1) is 0 Å². The number of para-hydroxylation sites is 2. The smallest absolute Gasteiger partial charge is 0.262 e. The van der Waals surface area contributed by atoms with Crippen LogP contribution in [0.1, 0.15) is 10.4 Å². The molecule has 0 unspecified atom stereocenters. The summed E-state index contributed by atoms with van der Waals surface area (Å²) >= 11 is 1.43. The number of aromatic nitrogens is 2. The van der Waals surface area contributed by atoms with Gasteiger partial charge in [-0.1, -0.05) is 41.7 Å². The normalized spacial score (nSPS) is 10.6. The number of thiazole rings is 1. The van der Waals surface area contributed by atoms with Crippen LogP contribution in [-0.4, -0.2) is 15.9 Å². The number of hydrogen-bond donors (Lipinski definition) is 1. The van der Waals surface area contributed by atoms with E-state index in [-0.39, 0.29) is 11.8 Å². The minimum atomic E-state index is -0.307. The second-order valence-corrected chi connectivity index (χ2v) is 6.24. The van der Waals surface area contributed by atoms with E-state index in [0.29, 0.717) is 16.4 Å². The van der Waals surface area contributed by atoms with Gasteiger partial charge in [-0.3, -0.25) is 10.1 Å². The van der Waals surface area contributed by atoms with Crippen LogP contribution in [0.4, 0.5) is 5.13 Å². The Morgan fingerprint density at radius 1 is 0.960 bits per heavy atom. The number of rotatable bonds is 4. The SMILES string of the molecule is O=C(Nc1nc2ccccc2s1)c1cccnc1Oc1ccccc1. The molecule has 2 aromatic heterocycles. The first kappa shape index (κ1) is 15.3. The van der Waals surface area contributed by atoms with E-state index in [9.17, 15) is 4.79 Å². The average molecular weight is 347 g/mol. The second-order valence-electron chi connectivity index (χ2n) is 5.21. The molecule has 122 valence electrons. The highest BCUT2D eigenvalue weighted by Crippen LogP contribution is 2.27. The summed E-state index contributed by atoms with van der Waals surface area (Å²) in [5, 5.41) is 3.36. The Balaban J connectivity index is 1.59. The van der Waals surface area contributed by atoms with Crippen LogP contribution in [0, 0.1) is 0 Å². The standard InChI is InChI=1S/C19H13N3O2S/c23-17(22-19-21-15-10-4-5-11-16(15)25-19)14-9-6-12-20-18(14)24-13-7-2-1-3-8-13/h1-12H,(H,21,22,23). The molecule has 0 aliphatic carbocycles. The van der Waals surface area contributed by atoms with Crippen molar-refractivity contribution >= 4 is 32.6 Å². The number of nitrogens with zero attached hydrogens (tertiary/aromatic N) is 2. The highest BCUT2D eigenvalue weighted by Gasteiger charge is 2.16. The highest BCUT2D eigenvalue weighted by atomic mass is 32.1. The monoisotopic (exact) mass is 347 g/mol. The van der Waals surface area contributed by atoms with E-state index in [0.717, 1.165) is 10.2 Å². The number of carbonyl (C=O) groups is 1. The lowest BCUT2D eigenvalue weighted by Crippen LogP contribution is -2.13. The molecular formula is C19H13N3O2S. The molecule has 0 fully saturated rings. The number of amides is 1. The largest absolute Gasteiger partial charge is 0.438 e. The molecule has 2 aromatic carbocycles. The average Bonchev–Trinajstić information content (AvgIpc) is 3.05. The first-order valence-corrected chi connectivity index (χ1v) is 8.46. The Morgan fingerprint density at radius 2 is 1.76 bits per heavy atom. The van der Waals surface area contributed by atoms with Crippen molar-refractivity contribution < 1.29 is 9.53 Å². The predicted octanol–water partition coefficient (Wildman–Crippen LogP) is 4.74. The molecule has 0 atom stereocenters. The van der Waals surface area contributed by atoms with Gasteiger partial charge < -0.3 is 4.74 Å².